The zero-order chi connectivity index (χ0) is 11.9. The van der Waals surface area contributed by atoms with E-state index in [1.165, 1.54) is 32.1 Å². The highest BCUT2D eigenvalue weighted by Crippen LogP contribution is 2.49. The van der Waals surface area contributed by atoms with Gasteiger partial charge in [-0.15, -0.1) is 0 Å². The van der Waals surface area contributed by atoms with Crippen LogP contribution >= 0.6 is 18.5 Å². The summed E-state index contributed by atoms with van der Waals surface area (Å²) in [5.41, 5.74) is 0. The molecule has 0 aromatic carbocycles. The Morgan fingerprint density at radius 1 is 1.47 bits per heavy atom. The molecule has 0 aromatic rings. The summed E-state index contributed by atoms with van der Waals surface area (Å²) in [6, 6.07) is 0. The maximum absolute atomic E-state index is 11.2. The van der Waals surface area contributed by atoms with Crippen molar-refractivity contribution in [3.05, 3.63) is 11.8 Å². The van der Waals surface area contributed by atoms with Gasteiger partial charge in [-0.1, -0.05) is 18.7 Å². The number of hydrogen-bond donors (Lipinski definition) is 0. The smallest absolute Gasteiger partial charge is 0.379 e. The van der Waals surface area contributed by atoms with E-state index in [0.29, 0.717) is 5.76 Å². The third kappa shape index (κ3) is 6.33. The lowest BCUT2D eigenvalue weighted by Gasteiger charge is -2.18. The van der Waals surface area contributed by atoms with E-state index in [9.17, 15) is 4.79 Å². The Balaban J connectivity index is 4.40. The van der Waals surface area contributed by atoms with Crippen LogP contribution in [0.1, 0.15) is 13.8 Å². The highest BCUT2D eigenvalue weighted by atomic mass is 32.5. The average molecular weight is 270 g/mol. The molecular formula is C8H15O4PS2. The summed E-state index contributed by atoms with van der Waals surface area (Å²) < 4.78 is 15.1. The Bertz CT molecular complexity index is 282. The van der Waals surface area contributed by atoms with Gasteiger partial charge in [-0.2, -0.15) is 0 Å². The van der Waals surface area contributed by atoms with Crippen molar-refractivity contribution in [3.8, 4) is 0 Å². The quantitative estimate of drug-likeness (QED) is 0.420. The lowest BCUT2D eigenvalue weighted by Crippen LogP contribution is -1.95. The van der Waals surface area contributed by atoms with Gasteiger partial charge < -0.3 is 13.6 Å². The number of hydrogen-bond acceptors (Lipinski definition) is 6. The van der Waals surface area contributed by atoms with Gasteiger partial charge in [-0.3, -0.25) is 4.79 Å². The van der Waals surface area contributed by atoms with Crippen molar-refractivity contribution < 1.29 is 18.4 Å². The Morgan fingerprint density at radius 3 is 2.40 bits per heavy atom. The fourth-order valence-electron chi connectivity index (χ4n) is 0.702. The minimum atomic E-state index is -2.71. The molecule has 15 heavy (non-hydrogen) atoms. The van der Waals surface area contributed by atoms with Crippen molar-refractivity contribution in [2.24, 2.45) is 0 Å². The van der Waals surface area contributed by atoms with Gasteiger partial charge in [0.25, 0.3) is 0 Å². The second-order valence-electron chi connectivity index (χ2n) is 2.41. The first-order chi connectivity index (χ1) is 6.97. The zero-order valence-electron chi connectivity index (χ0n) is 9.18. The van der Waals surface area contributed by atoms with Gasteiger partial charge in [0.2, 0.25) is 5.12 Å². The number of carbonyl (C=O) groups is 1. The fourth-order valence-corrected chi connectivity index (χ4v) is 2.29. The monoisotopic (exact) mass is 270 g/mol. The Hall–Kier alpha value is 0.130. The Labute approximate surface area is 99.6 Å². The van der Waals surface area contributed by atoms with Crippen LogP contribution in [0, 0.1) is 0 Å². The van der Waals surface area contributed by atoms with E-state index in [4.69, 9.17) is 25.4 Å². The molecule has 0 bridgehead atoms. The summed E-state index contributed by atoms with van der Waals surface area (Å²) in [7, 11) is 2.83. The van der Waals surface area contributed by atoms with E-state index >= 15 is 0 Å². The lowest BCUT2D eigenvalue weighted by atomic mass is 10.5. The van der Waals surface area contributed by atoms with E-state index in [1.807, 2.05) is 6.92 Å². The molecule has 0 saturated carbocycles. The summed E-state index contributed by atoms with van der Waals surface area (Å²) >= 11 is 6.19. The van der Waals surface area contributed by atoms with Gasteiger partial charge in [-0.25, -0.2) is 0 Å². The van der Waals surface area contributed by atoms with Crippen molar-refractivity contribution in [2.75, 3.05) is 20.0 Å². The zero-order valence-corrected chi connectivity index (χ0v) is 11.7. The highest BCUT2D eigenvalue weighted by Gasteiger charge is 2.18. The minimum Gasteiger partial charge on any atom is -0.429 e. The number of allylic oxidation sites excluding steroid dienone is 1. The van der Waals surface area contributed by atoms with Crippen molar-refractivity contribution in [1.29, 1.82) is 0 Å². The molecule has 0 atom stereocenters. The number of rotatable bonds is 6. The molecule has 0 spiro atoms. The Morgan fingerprint density at radius 2 is 2.00 bits per heavy atom. The van der Waals surface area contributed by atoms with Crippen LogP contribution in [-0.2, 0) is 30.2 Å². The van der Waals surface area contributed by atoms with Crippen molar-refractivity contribution in [3.63, 3.8) is 0 Å². The summed E-state index contributed by atoms with van der Waals surface area (Å²) in [5.74, 6) is 1.14. The standard InChI is InChI=1S/C8H15O4PS2/c1-5-15-8(9)6-7(2)12-13(14,10-3)11-4/h6H,5H2,1-4H3/b7-6+. The van der Waals surface area contributed by atoms with Gasteiger partial charge in [0, 0.05) is 32.1 Å². The summed E-state index contributed by atoms with van der Waals surface area (Å²) in [6.45, 7) is 0.841. The maximum atomic E-state index is 11.2. The molecule has 0 aliphatic rings. The van der Waals surface area contributed by atoms with Crippen LogP contribution in [0.5, 0.6) is 0 Å². The van der Waals surface area contributed by atoms with Gasteiger partial charge in [0.1, 0.15) is 5.76 Å². The summed E-state index contributed by atoms with van der Waals surface area (Å²) in [5, 5.41) is -0.0660. The van der Waals surface area contributed by atoms with Crippen LogP contribution in [0.3, 0.4) is 0 Å². The highest BCUT2D eigenvalue weighted by molar-refractivity contribution is 8.14. The molecule has 0 unspecified atom stereocenters. The molecule has 0 radical (unpaired) electrons. The molecule has 0 fully saturated rings. The number of carbonyl (C=O) groups excluding carboxylic acids is 1. The third-order valence-electron chi connectivity index (χ3n) is 1.31. The van der Waals surface area contributed by atoms with Crippen molar-refractivity contribution in [1.82, 2.24) is 0 Å². The summed E-state index contributed by atoms with van der Waals surface area (Å²) in [4.78, 5) is 11.2. The van der Waals surface area contributed by atoms with Gasteiger partial charge in [-0.05, 0) is 12.7 Å². The van der Waals surface area contributed by atoms with Crippen LogP contribution in [-0.4, -0.2) is 25.1 Å². The molecule has 7 heteroatoms. The van der Waals surface area contributed by atoms with Gasteiger partial charge in [0.05, 0.1) is 0 Å². The lowest BCUT2D eigenvalue weighted by molar-refractivity contribution is -0.107. The molecule has 0 N–H and O–H groups in total. The third-order valence-corrected chi connectivity index (χ3v) is 4.53. The van der Waals surface area contributed by atoms with Crippen LogP contribution in [0.2, 0.25) is 0 Å². The maximum Gasteiger partial charge on any atom is 0.379 e. The minimum absolute atomic E-state index is 0.0660. The van der Waals surface area contributed by atoms with Crippen LogP contribution in [0.15, 0.2) is 11.8 Å². The molecule has 0 aromatic heterocycles. The van der Waals surface area contributed by atoms with Crippen LogP contribution in [0.4, 0.5) is 0 Å². The van der Waals surface area contributed by atoms with E-state index in [-0.39, 0.29) is 5.12 Å². The molecule has 0 aliphatic carbocycles. The molecule has 0 saturated heterocycles. The molecule has 0 aliphatic heterocycles. The molecule has 0 heterocycles. The van der Waals surface area contributed by atoms with Gasteiger partial charge in [0.15, 0.2) is 0 Å². The first-order valence-corrected chi connectivity index (χ1v) is 7.77. The fraction of sp³-hybridized carbons (Fsp3) is 0.625. The Kier molecular flexibility index (Phi) is 7.48. The van der Waals surface area contributed by atoms with Crippen molar-refractivity contribution in [2.45, 2.75) is 13.8 Å². The SMILES string of the molecule is CCSC(=O)/C=C(\C)OP(=S)(OC)OC. The van der Waals surface area contributed by atoms with Crippen LogP contribution in [0.25, 0.3) is 0 Å². The topological polar surface area (TPSA) is 44.8 Å². The largest absolute Gasteiger partial charge is 0.429 e. The first kappa shape index (κ1) is 15.1. The second kappa shape index (κ2) is 7.41. The van der Waals surface area contributed by atoms with E-state index in [0.717, 1.165) is 5.75 Å². The summed E-state index contributed by atoms with van der Waals surface area (Å²) in [6.07, 6.45) is 1.38. The van der Waals surface area contributed by atoms with Crippen LogP contribution < -0.4 is 0 Å². The number of thioether (sulfide) groups is 1. The normalized spacial score (nSPS) is 12.7. The van der Waals surface area contributed by atoms with Crippen molar-refractivity contribution >= 4 is 35.4 Å². The molecule has 0 rings (SSSR count). The van der Waals surface area contributed by atoms with E-state index in [2.05, 4.69) is 0 Å². The molecule has 88 valence electrons. The molecule has 4 nitrogen and oxygen atoms in total. The second-order valence-corrected chi connectivity index (χ2v) is 6.83. The first-order valence-electron chi connectivity index (χ1n) is 4.23. The molecular weight excluding hydrogens is 255 g/mol. The van der Waals surface area contributed by atoms with E-state index < -0.39 is 6.72 Å². The molecule has 0 amide bonds. The predicted octanol–water partition coefficient (Wildman–Crippen LogP) is 2.70. The predicted molar refractivity (Wildman–Crippen MR) is 66.3 cm³/mol. The average Bonchev–Trinajstić information content (AvgIpc) is 2.17. The van der Waals surface area contributed by atoms with E-state index in [1.54, 1.807) is 6.92 Å². The van der Waals surface area contributed by atoms with Gasteiger partial charge >= 0.3 is 6.72 Å².